The van der Waals surface area contributed by atoms with Crippen LogP contribution in [0.1, 0.15) is 25.3 Å². The van der Waals surface area contributed by atoms with E-state index in [-0.39, 0.29) is 11.8 Å². The molecule has 3 N–H and O–H groups in total. The lowest BCUT2D eigenvalue weighted by molar-refractivity contribution is -0.137. The number of carbonyl (C=O) groups is 1. The number of nitrogens with zero attached hydrogens (tertiary/aromatic N) is 4. The molecule has 9 nitrogen and oxygen atoms in total. The Balaban J connectivity index is 1.69. The highest BCUT2D eigenvalue weighted by molar-refractivity contribution is 6.76. The van der Waals surface area contributed by atoms with Crippen LogP contribution in [0.2, 0.25) is 25.7 Å². The number of anilines is 1. The highest BCUT2D eigenvalue weighted by Gasteiger charge is 2.22. The van der Waals surface area contributed by atoms with Crippen LogP contribution >= 0.6 is 0 Å². The molecule has 10 heteroatoms. The minimum atomic E-state index is -1.29. The van der Waals surface area contributed by atoms with Crippen LogP contribution in [-0.4, -0.2) is 45.0 Å². The zero-order valence-corrected chi connectivity index (χ0v) is 23.4. The molecule has 4 rings (SSSR count). The van der Waals surface area contributed by atoms with Crippen molar-refractivity contribution in [3.05, 3.63) is 64.6 Å². The predicted molar refractivity (Wildman–Crippen MR) is 153 cm³/mol. The van der Waals surface area contributed by atoms with Gasteiger partial charge in [-0.3, -0.25) is 9.59 Å². The van der Waals surface area contributed by atoms with Gasteiger partial charge in [0.1, 0.15) is 23.6 Å². The summed E-state index contributed by atoms with van der Waals surface area (Å²) in [5.74, 6) is -0.107. The zero-order valence-electron chi connectivity index (χ0n) is 22.4. The number of nitrogens with two attached hydrogens (primary N) is 1. The molecular formula is C28H35N5O4Si. The maximum Gasteiger partial charge on any atom is 0.303 e. The van der Waals surface area contributed by atoms with Gasteiger partial charge in [-0.1, -0.05) is 43.9 Å². The average molecular weight is 534 g/mol. The van der Waals surface area contributed by atoms with E-state index in [9.17, 15) is 9.59 Å². The van der Waals surface area contributed by atoms with Crippen molar-refractivity contribution in [1.82, 2.24) is 19.3 Å². The molecule has 0 radical (unpaired) electrons. The molecule has 0 aliphatic rings. The molecule has 0 spiro atoms. The minimum absolute atomic E-state index is 0.150. The quantitative estimate of drug-likeness (QED) is 0.268. The van der Waals surface area contributed by atoms with Crippen LogP contribution in [0.15, 0.2) is 53.6 Å². The molecule has 1 aromatic carbocycles. The summed E-state index contributed by atoms with van der Waals surface area (Å²) in [6, 6.07) is 12.5. The molecule has 0 unspecified atom stereocenters. The van der Waals surface area contributed by atoms with E-state index in [1.54, 1.807) is 23.2 Å². The minimum Gasteiger partial charge on any atom is -0.481 e. The van der Waals surface area contributed by atoms with Gasteiger partial charge in [-0.15, -0.1) is 0 Å². The molecule has 3 aromatic heterocycles. The number of carboxylic acid groups (broad SMARTS) is 1. The zero-order chi connectivity index (χ0) is 27.4. The van der Waals surface area contributed by atoms with Crippen molar-refractivity contribution in [3.8, 4) is 22.6 Å². The molecular weight excluding hydrogens is 498 g/mol. The summed E-state index contributed by atoms with van der Waals surface area (Å²) in [6.45, 7) is 9.87. The van der Waals surface area contributed by atoms with Gasteiger partial charge >= 0.3 is 5.97 Å². The number of hydrogen-bond acceptors (Lipinski definition) is 6. The standard InChI is InChI=1S/C28H35N5O4Si/c1-5-32-26(29)24(28-30-15-16-33(28)37-17-18-38(2,3)4)25(36)21-13-14-22(31-27(21)32)20-11-9-19(10-12-20)7-6-8-23(34)35/h9-16H,5-8,17-18,29H2,1-4H3,(H,34,35). The van der Waals surface area contributed by atoms with Crippen molar-refractivity contribution in [2.45, 2.75) is 58.4 Å². The molecule has 0 aliphatic heterocycles. The number of rotatable bonds is 11. The maximum absolute atomic E-state index is 13.7. The highest BCUT2D eigenvalue weighted by atomic mass is 28.3. The van der Waals surface area contributed by atoms with Crippen LogP contribution < -0.4 is 16.0 Å². The van der Waals surface area contributed by atoms with E-state index in [1.165, 1.54) is 0 Å². The van der Waals surface area contributed by atoms with Crippen LogP contribution in [0.4, 0.5) is 5.82 Å². The van der Waals surface area contributed by atoms with Crippen LogP contribution in [0.25, 0.3) is 33.7 Å². The second kappa shape index (κ2) is 11.2. The third-order valence-electron chi connectivity index (χ3n) is 6.49. The molecule has 0 saturated carbocycles. The van der Waals surface area contributed by atoms with Crippen LogP contribution in [0.5, 0.6) is 0 Å². The summed E-state index contributed by atoms with van der Waals surface area (Å²) in [5.41, 5.74) is 9.84. The third kappa shape index (κ3) is 5.96. The van der Waals surface area contributed by atoms with Crippen molar-refractivity contribution >= 4 is 30.9 Å². The van der Waals surface area contributed by atoms with E-state index in [1.807, 2.05) is 41.8 Å². The predicted octanol–water partition coefficient (Wildman–Crippen LogP) is 4.70. The number of pyridine rings is 2. The molecule has 0 bridgehead atoms. The molecule has 200 valence electrons. The fraction of sp³-hybridized carbons (Fsp3) is 0.357. The van der Waals surface area contributed by atoms with Gasteiger partial charge in [-0.2, -0.15) is 4.73 Å². The van der Waals surface area contributed by atoms with E-state index in [2.05, 4.69) is 24.6 Å². The number of aromatic nitrogens is 4. The first kappa shape index (κ1) is 27.1. The number of aliphatic carboxylic acids is 1. The van der Waals surface area contributed by atoms with Crippen LogP contribution in [0.3, 0.4) is 0 Å². The van der Waals surface area contributed by atoms with Gasteiger partial charge in [0.25, 0.3) is 0 Å². The molecule has 3 heterocycles. The largest absolute Gasteiger partial charge is 0.481 e. The summed E-state index contributed by atoms with van der Waals surface area (Å²) in [6.07, 6.45) is 4.75. The highest BCUT2D eigenvalue weighted by Crippen LogP contribution is 2.27. The Morgan fingerprint density at radius 3 is 2.53 bits per heavy atom. The van der Waals surface area contributed by atoms with E-state index >= 15 is 0 Å². The van der Waals surface area contributed by atoms with Crippen molar-refractivity contribution in [2.24, 2.45) is 0 Å². The van der Waals surface area contributed by atoms with Gasteiger partial charge in [-0.05, 0) is 43.5 Å². The molecule has 0 amide bonds. The molecule has 0 saturated heterocycles. The summed E-state index contributed by atoms with van der Waals surface area (Å²) in [4.78, 5) is 39.6. The van der Waals surface area contributed by atoms with Gasteiger partial charge in [-0.25, -0.2) is 9.97 Å². The number of carboxylic acids is 1. The number of aryl methyl sites for hydroxylation is 2. The number of imidazole rings is 1. The van der Waals surface area contributed by atoms with Crippen molar-refractivity contribution in [3.63, 3.8) is 0 Å². The van der Waals surface area contributed by atoms with Crippen molar-refractivity contribution in [2.75, 3.05) is 12.3 Å². The fourth-order valence-electron chi connectivity index (χ4n) is 4.34. The Kier molecular flexibility index (Phi) is 8.01. The summed E-state index contributed by atoms with van der Waals surface area (Å²) in [5, 5.41) is 9.31. The van der Waals surface area contributed by atoms with E-state index in [4.69, 9.17) is 20.7 Å². The number of fused-ring (bicyclic) bond motifs is 1. The Hall–Kier alpha value is -3.92. The third-order valence-corrected chi connectivity index (χ3v) is 8.19. The van der Waals surface area contributed by atoms with Gasteiger partial charge < -0.3 is 20.2 Å². The molecule has 0 atom stereocenters. The smallest absolute Gasteiger partial charge is 0.303 e. The SMILES string of the molecule is CCn1c(N)c(-c2nccn2OCC[Si](C)(C)C)c(=O)c2ccc(-c3ccc(CCCC(=O)O)cc3)nc21. The van der Waals surface area contributed by atoms with Crippen LogP contribution in [0, 0.1) is 0 Å². The fourth-order valence-corrected chi connectivity index (χ4v) is 5.04. The summed E-state index contributed by atoms with van der Waals surface area (Å²) < 4.78 is 3.37. The van der Waals surface area contributed by atoms with Gasteiger partial charge in [0.2, 0.25) is 5.43 Å². The first-order valence-electron chi connectivity index (χ1n) is 12.9. The number of nitrogen functional groups attached to an aromatic ring is 1. The van der Waals surface area contributed by atoms with Crippen molar-refractivity contribution < 1.29 is 14.7 Å². The topological polar surface area (TPSA) is 125 Å². The van der Waals surface area contributed by atoms with Gasteiger partial charge in [0.05, 0.1) is 17.3 Å². The van der Waals surface area contributed by atoms with Gasteiger partial charge in [0, 0.05) is 32.8 Å². The Morgan fingerprint density at radius 2 is 1.87 bits per heavy atom. The van der Waals surface area contributed by atoms with E-state index < -0.39 is 14.0 Å². The van der Waals surface area contributed by atoms with E-state index in [0.29, 0.717) is 54.2 Å². The second-order valence-electron chi connectivity index (χ2n) is 10.6. The summed E-state index contributed by atoms with van der Waals surface area (Å²) >= 11 is 0. The lowest BCUT2D eigenvalue weighted by Crippen LogP contribution is -2.26. The first-order valence-corrected chi connectivity index (χ1v) is 16.6. The second-order valence-corrected chi connectivity index (χ2v) is 16.2. The Bertz CT molecular complexity index is 1500. The Morgan fingerprint density at radius 1 is 1.13 bits per heavy atom. The van der Waals surface area contributed by atoms with Gasteiger partial charge in [0.15, 0.2) is 5.82 Å². The maximum atomic E-state index is 13.7. The first-order chi connectivity index (χ1) is 18.1. The summed E-state index contributed by atoms with van der Waals surface area (Å²) in [7, 11) is -1.29. The number of hydrogen-bond donors (Lipinski definition) is 2. The normalized spacial score (nSPS) is 11.7. The lowest BCUT2D eigenvalue weighted by atomic mass is 10.0. The molecule has 0 aliphatic carbocycles. The lowest BCUT2D eigenvalue weighted by Gasteiger charge is -2.18. The van der Waals surface area contributed by atoms with Crippen molar-refractivity contribution in [1.29, 1.82) is 0 Å². The molecule has 4 aromatic rings. The average Bonchev–Trinajstić information content (AvgIpc) is 3.31. The van der Waals surface area contributed by atoms with E-state index in [0.717, 1.165) is 22.9 Å². The Labute approximate surface area is 222 Å². The molecule has 38 heavy (non-hydrogen) atoms. The monoisotopic (exact) mass is 533 g/mol. The van der Waals surface area contributed by atoms with Crippen LogP contribution in [-0.2, 0) is 17.8 Å². The molecule has 0 fully saturated rings. The number of benzene rings is 1.